The summed E-state index contributed by atoms with van der Waals surface area (Å²) in [6.45, 7) is 4.41. The molecule has 4 aromatic carbocycles. The Morgan fingerprint density at radius 1 is 0.566 bits per heavy atom. The van der Waals surface area contributed by atoms with Gasteiger partial charge in [-0.25, -0.2) is 8.42 Å². The van der Waals surface area contributed by atoms with Crippen LogP contribution >= 0.6 is 0 Å². The normalized spacial score (nSPS) is 11.2. The van der Waals surface area contributed by atoms with Gasteiger partial charge in [-0.05, 0) is 79.3 Å². The third-order valence-corrected chi connectivity index (χ3v) is 10.2. The second-order valence-electron chi connectivity index (χ2n) is 12.6. The van der Waals surface area contributed by atoms with Crippen LogP contribution in [0.3, 0.4) is 0 Å². The molecular weight excluding hydrogens is 745 g/mol. The summed E-state index contributed by atoms with van der Waals surface area (Å²) in [6, 6.07) is 22.3. The maximum Gasteiger partial charge on any atom is 2.00 e. The number of hydrogen-bond donors (Lipinski definition) is 2. The Bertz CT molecular complexity index is 1740. The van der Waals surface area contributed by atoms with Gasteiger partial charge in [-0.15, -0.1) is 0 Å². The maximum absolute atomic E-state index is 11.7. The smallest absolute Gasteiger partial charge is 0.872 e. The van der Waals surface area contributed by atoms with E-state index in [9.17, 15) is 36.2 Å². The number of phenolic OH excluding ortho intramolecular Hbond substituents is 1. The van der Waals surface area contributed by atoms with Gasteiger partial charge in [-0.1, -0.05) is 126 Å². The van der Waals surface area contributed by atoms with E-state index < -0.39 is 41.5 Å². The predicted molar refractivity (Wildman–Crippen MR) is 205 cm³/mol. The molecule has 0 aliphatic heterocycles. The molecule has 0 atom stereocenters. The number of hydrogen-bond acceptors (Lipinski definition) is 9. The van der Waals surface area contributed by atoms with Crippen molar-refractivity contribution in [3.8, 4) is 34.5 Å². The van der Waals surface area contributed by atoms with Crippen LogP contribution in [0.5, 0.6) is 34.5 Å². The van der Waals surface area contributed by atoms with E-state index in [1.807, 2.05) is 24.3 Å². The summed E-state index contributed by atoms with van der Waals surface area (Å²) in [5, 5.41) is 21.4. The van der Waals surface area contributed by atoms with Gasteiger partial charge in [0.15, 0.2) is 10.6 Å². The van der Waals surface area contributed by atoms with Gasteiger partial charge in [-0.3, -0.25) is 4.55 Å². The van der Waals surface area contributed by atoms with E-state index in [2.05, 4.69) is 13.8 Å². The predicted octanol–water partition coefficient (Wildman–Crippen LogP) is 9.31. The first-order valence-electron chi connectivity index (χ1n) is 17.9. The van der Waals surface area contributed by atoms with Crippen molar-refractivity contribution in [3.05, 3.63) is 96.1 Å². The molecule has 0 spiro atoms. The van der Waals surface area contributed by atoms with E-state index in [0.29, 0.717) is 11.5 Å². The Morgan fingerprint density at radius 2 is 0.962 bits per heavy atom. The third kappa shape index (κ3) is 16.6. The van der Waals surface area contributed by atoms with Crippen LogP contribution in [0.15, 0.2) is 94.7 Å². The van der Waals surface area contributed by atoms with Crippen LogP contribution in [0.1, 0.15) is 102 Å². The van der Waals surface area contributed by atoms with Gasteiger partial charge in [0.2, 0.25) is 0 Å². The fourth-order valence-corrected chi connectivity index (χ4v) is 6.95. The van der Waals surface area contributed by atoms with Crippen LogP contribution in [0.2, 0.25) is 0 Å². The molecule has 10 nitrogen and oxygen atoms in total. The molecular formula is C40H50CaO10S2. The second kappa shape index (κ2) is 23.8. The van der Waals surface area contributed by atoms with Crippen molar-refractivity contribution in [2.24, 2.45) is 0 Å². The van der Waals surface area contributed by atoms with Gasteiger partial charge >= 0.3 is 47.9 Å². The topological polar surface area (TPSA) is 173 Å². The van der Waals surface area contributed by atoms with Gasteiger partial charge in [0.25, 0.3) is 0 Å². The first-order valence-corrected chi connectivity index (χ1v) is 20.8. The van der Waals surface area contributed by atoms with Gasteiger partial charge < -0.3 is 24.2 Å². The first kappa shape index (κ1) is 46.3. The van der Waals surface area contributed by atoms with E-state index >= 15 is 0 Å². The molecule has 0 aromatic heterocycles. The largest absolute Gasteiger partial charge is 2.00 e. The van der Waals surface area contributed by atoms with Crippen LogP contribution in [0.4, 0.5) is 0 Å². The average Bonchev–Trinajstić information content (AvgIpc) is 3.08. The summed E-state index contributed by atoms with van der Waals surface area (Å²) >= 11 is 0. The molecule has 284 valence electrons. The van der Waals surface area contributed by atoms with Crippen molar-refractivity contribution in [1.29, 1.82) is 0 Å². The number of aromatic hydroxyl groups is 1. The van der Waals surface area contributed by atoms with Crippen molar-refractivity contribution < 1.29 is 45.6 Å². The molecule has 0 aliphatic rings. The number of phenols is 1. The Labute approximate surface area is 345 Å². The molecule has 0 bridgehead atoms. The van der Waals surface area contributed by atoms with Gasteiger partial charge in [-0.2, -0.15) is 8.42 Å². The molecule has 0 saturated heterocycles. The molecule has 0 saturated carbocycles. The fraction of sp³-hybridized carbons (Fsp3) is 0.400. The summed E-state index contributed by atoms with van der Waals surface area (Å²) in [5.74, 6) is -0.950. The van der Waals surface area contributed by atoms with Gasteiger partial charge in [0.05, 0.1) is 4.90 Å². The fourth-order valence-electron chi connectivity index (χ4n) is 5.59. The molecule has 2 N–H and O–H groups in total. The molecule has 53 heavy (non-hydrogen) atoms. The molecule has 0 unspecified atom stereocenters. The number of aryl methyl sites for hydroxylation is 2. The summed E-state index contributed by atoms with van der Waals surface area (Å²) in [5.41, 5.74) is 2.36. The zero-order valence-electron chi connectivity index (χ0n) is 30.7. The van der Waals surface area contributed by atoms with Crippen molar-refractivity contribution in [1.82, 2.24) is 0 Å². The molecule has 0 heterocycles. The Hall–Kier alpha value is -2.84. The minimum atomic E-state index is -4.90. The molecule has 0 fully saturated rings. The minimum Gasteiger partial charge on any atom is -0.872 e. The Balaban J connectivity index is 0.000000360. The molecule has 0 aliphatic carbocycles. The number of rotatable bonds is 20. The van der Waals surface area contributed by atoms with E-state index in [4.69, 9.17) is 9.47 Å². The zero-order valence-corrected chi connectivity index (χ0v) is 34.5. The van der Waals surface area contributed by atoms with E-state index in [0.717, 1.165) is 31.7 Å². The standard InChI is InChI=1S/2C20H26O5S.Ca/c2*1-2-3-4-5-6-7-9-16-12-14-17(15-13-16)25-19-11-8-10-18(21)20(19)26(22,23)24;/h2*8,10-15,21H,2-7,9H2,1H3,(H,22,23,24);/q;;+2/p-2. The van der Waals surface area contributed by atoms with Gasteiger partial charge in [0, 0.05) is 0 Å². The second-order valence-corrected chi connectivity index (χ2v) is 15.3. The third-order valence-electron chi connectivity index (χ3n) is 8.35. The van der Waals surface area contributed by atoms with Crippen LogP contribution in [0, 0.1) is 0 Å². The van der Waals surface area contributed by atoms with Crippen LogP contribution < -0.4 is 14.6 Å². The SMILES string of the molecule is CCCCCCCCc1ccc(Oc2cccc(O)c2S(=O)(=O)O)cc1.CCCCCCCCc1ccc(Oc2cccc([O-])c2S(=O)(=O)[O-])cc1.[Ca+2]. The van der Waals surface area contributed by atoms with Crippen LogP contribution in [-0.4, -0.2) is 68.8 Å². The average molecular weight is 795 g/mol. The monoisotopic (exact) mass is 794 g/mol. The summed E-state index contributed by atoms with van der Waals surface area (Å²) in [4.78, 5) is -1.48. The molecule has 0 radical (unpaired) electrons. The van der Waals surface area contributed by atoms with Crippen molar-refractivity contribution in [3.63, 3.8) is 0 Å². The molecule has 4 rings (SSSR count). The number of unbranched alkanes of at least 4 members (excludes halogenated alkanes) is 10. The summed E-state index contributed by atoms with van der Waals surface area (Å²) in [6.07, 6.45) is 16.9. The van der Waals surface area contributed by atoms with Gasteiger partial charge in [0.1, 0.15) is 33.1 Å². The Kier molecular flexibility index (Phi) is 20.8. The zero-order chi connectivity index (χ0) is 38.0. The molecule has 4 aromatic rings. The molecule has 13 heteroatoms. The van der Waals surface area contributed by atoms with Crippen LogP contribution in [0.25, 0.3) is 0 Å². The van der Waals surface area contributed by atoms with Crippen molar-refractivity contribution in [2.75, 3.05) is 0 Å². The minimum absolute atomic E-state index is 0. The van der Waals surface area contributed by atoms with E-state index in [1.54, 1.807) is 24.3 Å². The van der Waals surface area contributed by atoms with Crippen molar-refractivity contribution in [2.45, 2.75) is 114 Å². The quantitative estimate of drug-likeness (QED) is 0.0499. The van der Waals surface area contributed by atoms with E-state index in [1.165, 1.54) is 106 Å². The number of benzene rings is 4. The summed E-state index contributed by atoms with van der Waals surface area (Å²) in [7, 11) is -9.49. The summed E-state index contributed by atoms with van der Waals surface area (Å²) < 4.78 is 77.1. The first-order chi connectivity index (χ1) is 24.8. The Morgan fingerprint density at radius 3 is 1.38 bits per heavy atom. The molecule has 0 amide bonds. The maximum atomic E-state index is 11.7. The number of ether oxygens (including phenoxy) is 2. The van der Waals surface area contributed by atoms with Crippen LogP contribution in [-0.2, 0) is 33.1 Å². The van der Waals surface area contributed by atoms with Crippen molar-refractivity contribution >= 4 is 58.0 Å². The van der Waals surface area contributed by atoms with E-state index in [-0.39, 0.29) is 49.2 Å².